The Hall–Kier alpha value is -0.970. The highest BCUT2D eigenvalue weighted by molar-refractivity contribution is 7.18. The molecule has 2 aliphatic rings. The van der Waals surface area contributed by atoms with Gasteiger partial charge in [0.15, 0.2) is 0 Å². The summed E-state index contributed by atoms with van der Waals surface area (Å²) in [5.41, 5.74) is 2.62. The van der Waals surface area contributed by atoms with Gasteiger partial charge in [0, 0.05) is 18.5 Å². The molecule has 1 aromatic heterocycles. The predicted octanol–water partition coefficient (Wildman–Crippen LogP) is 3.78. The minimum Gasteiger partial charge on any atom is -0.310 e. The van der Waals surface area contributed by atoms with Crippen molar-refractivity contribution in [1.29, 1.82) is 0 Å². The standard InChI is InChI=1S/C18H25N3S/c1-12-3-5-15(19-10-12)13-4-6-17-16(9-13)20-18(22-17)14-7-8-21(2)11-14/h4,6,9,12,14-15,19H,3,5,7-8,10-11H2,1-2H3. The van der Waals surface area contributed by atoms with E-state index in [1.54, 1.807) is 0 Å². The minimum atomic E-state index is 0.517. The Balaban J connectivity index is 1.58. The first-order chi connectivity index (χ1) is 10.7. The predicted molar refractivity (Wildman–Crippen MR) is 93.6 cm³/mol. The number of fused-ring (bicyclic) bond motifs is 1. The lowest BCUT2D eigenvalue weighted by Gasteiger charge is -2.28. The van der Waals surface area contributed by atoms with Crippen molar-refractivity contribution in [2.75, 3.05) is 26.7 Å². The summed E-state index contributed by atoms with van der Waals surface area (Å²) in [6, 6.07) is 7.42. The summed E-state index contributed by atoms with van der Waals surface area (Å²) >= 11 is 1.89. The number of likely N-dealkylation sites (N-methyl/N-ethyl adjacent to an activating group) is 1. The van der Waals surface area contributed by atoms with E-state index in [2.05, 4.69) is 42.4 Å². The Labute approximate surface area is 136 Å². The number of aromatic nitrogens is 1. The fourth-order valence-corrected chi connectivity index (χ4v) is 4.85. The highest BCUT2D eigenvalue weighted by atomic mass is 32.1. The molecule has 118 valence electrons. The van der Waals surface area contributed by atoms with E-state index in [1.807, 2.05) is 11.3 Å². The van der Waals surface area contributed by atoms with Gasteiger partial charge in [-0.25, -0.2) is 4.98 Å². The molecule has 3 nitrogen and oxygen atoms in total. The van der Waals surface area contributed by atoms with Gasteiger partial charge >= 0.3 is 0 Å². The molecule has 2 aromatic rings. The number of hydrogen-bond donors (Lipinski definition) is 1. The number of rotatable bonds is 2. The first kappa shape index (κ1) is 14.6. The van der Waals surface area contributed by atoms with Gasteiger partial charge < -0.3 is 10.2 Å². The molecule has 0 spiro atoms. The Kier molecular flexibility index (Phi) is 3.93. The second-order valence-electron chi connectivity index (χ2n) is 7.17. The maximum atomic E-state index is 4.96. The third-order valence-corrected chi connectivity index (χ3v) is 6.43. The number of benzene rings is 1. The van der Waals surface area contributed by atoms with Gasteiger partial charge in [-0.3, -0.25) is 0 Å². The van der Waals surface area contributed by atoms with Crippen molar-refractivity contribution in [1.82, 2.24) is 15.2 Å². The van der Waals surface area contributed by atoms with Crippen molar-refractivity contribution >= 4 is 21.6 Å². The first-order valence-corrected chi connectivity index (χ1v) is 9.33. The number of hydrogen-bond acceptors (Lipinski definition) is 4. The van der Waals surface area contributed by atoms with Crippen LogP contribution in [0.2, 0.25) is 0 Å². The molecule has 3 heterocycles. The SMILES string of the molecule is CC1CCC(c2ccc3sc(C4CCN(C)C4)nc3c2)NC1. The van der Waals surface area contributed by atoms with Crippen molar-refractivity contribution in [2.24, 2.45) is 5.92 Å². The summed E-state index contributed by atoms with van der Waals surface area (Å²) in [7, 11) is 2.21. The topological polar surface area (TPSA) is 28.2 Å². The van der Waals surface area contributed by atoms with E-state index in [4.69, 9.17) is 4.98 Å². The molecule has 4 heteroatoms. The Bertz CT molecular complexity index is 657. The zero-order chi connectivity index (χ0) is 15.1. The molecule has 0 bridgehead atoms. The molecular weight excluding hydrogens is 290 g/mol. The summed E-state index contributed by atoms with van der Waals surface area (Å²) in [5.74, 6) is 1.45. The van der Waals surface area contributed by atoms with Crippen LogP contribution >= 0.6 is 11.3 Å². The minimum absolute atomic E-state index is 0.517. The van der Waals surface area contributed by atoms with Crippen LogP contribution in [0.3, 0.4) is 0 Å². The third-order valence-electron chi connectivity index (χ3n) is 5.23. The van der Waals surface area contributed by atoms with Gasteiger partial charge in [0.25, 0.3) is 0 Å². The van der Waals surface area contributed by atoms with Crippen molar-refractivity contribution in [3.8, 4) is 0 Å². The lowest BCUT2D eigenvalue weighted by atomic mass is 9.92. The Morgan fingerprint density at radius 3 is 2.91 bits per heavy atom. The lowest BCUT2D eigenvalue weighted by Crippen LogP contribution is -2.31. The number of likely N-dealkylation sites (tertiary alicyclic amines) is 1. The van der Waals surface area contributed by atoms with E-state index in [-0.39, 0.29) is 0 Å². The van der Waals surface area contributed by atoms with E-state index >= 15 is 0 Å². The Morgan fingerprint density at radius 1 is 1.27 bits per heavy atom. The molecule has 0 saturated carbocycles. The average Bonchev–Trinajstić information content (AvgIpc) is 3.13. The van der Waals surface area contributed by atoms with Gasteiger partial charge in [0.1, 0.15) is 0 Å². The number of thiazole rings is 1. The molecule has 1 aromatic carbocycles. The highest BCUT2D eigenvalue weighted by Gasteiger charge is 2.24. The lowest BCUT2D eigenvalue weighted by molar-refractivity contribution is 0.333. The second kappa shape index (κ2) is 5.91. The van der Waals surface area contributed by atoms with Gasteiger partial charge in [-0.2, -0.15) is 0 Å². The van der Waals surface area contributed by atoms with Crippen LogP contribution in [-0.2, 0) is 0 Å². The number of piperidine rings is 1. The van der Waals surface area contributed by atoms with E-state index in [1.165, 1.54) is 46.6 Å². The molecule has 22 heavy (non-hydrogen) atoms. The van der Waals surface area contributed by atoms with Crippen molar-refractivity contribution in [2.45, 2.75) is 38.1 Å². The van der Waals surface area contributed by atoms with Gasteiger partial charge in [-0.15, -0.1) is 11.3 Å². The third kappa shape index (κ3) is 2.80. The van der Waals surface area contributed by atoms with Crippen LogP contribution in [-0.4, -0.2) is 36.6 Å². The monoisotopic (exact) mass is 315 g/mol. The fourth-order valence-electron chi connectivity index (χ4n) is 3.77. The largest absolute Gasteiger partial charge is 0.310 e. The summed E-state index contributed by atoms with van der Waals surface area (Å²) in [6.07, 6.45) is 3.83. The van der Waals surface area contributed by atoms with Crippen LogP contribution in [0.4, 0.5) is 0 Å². The summed E-state index contributed by atoms with van der Waals surface area (Å²) in [4.78, 5) is 7.38. The van der Waals surface area contributed by atoms with E-state index < -0.39 is 0 Å². The van der Waals surface area contributed by atoms with E-state index in [9.17, 15) is 0 Å². The summed E-state index contributed by atoms with van der Waals surface area (Å²) in [5, 5.41) is 5.02. The van der Waals surface area contributed by atoms with Gasteiger partial charge in [0.2, 0.25) is 0 Å². The molecule has 4 rings (SSSR count). The molecule has 1 N–H and O–H groups in total. The molecule has 3 unspecified atom stereocenters. The molecule has 2 aliphatic heterocycles. The number of nitrogens with zero attached hydrogens (tertiary/aromatic N) is 2. The van der Waals surface area contributed by atoms with Gasteiger partial charge in [-0.1, -0.05) is 13.0 Å². The molecule has 0 radical (unpaired) electrons. The molecule has 2 saturated heterocycles. The first-order valence-electron chi connectivity index (χ1n) is 8.51. The molecule has 2 fully saturated rings. The molecule has 0 amide bonds. The number of nitrogens with one attached hydrogen (secondary N) is 1. The highest BCUT2D eigenvalue weighted by Crippen LogP contribution is 2.34. The molecule has 3 atom stereocenters. The smallest absolute Gasteiger partial charge is 0.0982 e. The van der Waals surface area contributed by atoms with Gasteiger partial charge in [0.05, 0.1) is 15.2 Å². The van der Waals surface area contributed by atoms with Crippen LogP contribution in [0.15, 0.2) is 18.2 Å². The van der Waals surface area contributed by atoms with Crippen molar-refractivity contribution < 1.29 is 0 Å². The van der Waals surface area contributed by atoms with Crippen LogP contribution in [0.5, 0.6) is 0 Å². The zero-order valence-electron chi connectivity index (χ0n) is 13.5. The summed E-state index contributed by atoms with van der Waals surface area (Å²) < 4.78 is 1.34. The van der Waals surface area contributed by atoms with Crippen LogP contribution in [0.1, 0.15) is 48.7 Å². The van der Waals surface area contributed by atoms with Crippen LogP contribution in [0, 0.1) is 5.92 Å². The normalized spacial score (nSPS) is 30.2. The second-order valence-corrected chi connectivity index (χ2v) is 8.23. The molecule has 0 aliphatic carbocycles. The molecular formula is C18H25N3S. The van der Waals surface area contributed by atoms with Gasteiger partial charge in [-0.05, 0) is 63.0 Å². The Morgan fingerprint density at radius 2 is 2.18 bits per heavy atom. The van der Waals surface area contributed by atoms with Crippen molar-refractivity contribution in [3.05, 3.63) is 28.8 Å². The maximum absolute atomic E-state index is 4.96. The quantitative estimate of drug-likeness (QED) is 0.914. The summed E-state index contributed by atoms with van der Waals surface area (Å²) in [6.45, 7) is 5.84. The maximum Gasteiger partial charge on any atom is 0.0982 e. The van der Waals surface area contributed by atoms with E-state index in [0.29, 0.717) is 12.0 Å². The average molecular weight is 315 g/mol. The van der Waals surface area contributed by atoms with Crippen LogP contribution < -0.4 is 5.32 Å². The van der Waals surface area contributed by atoms with Crippen molar-refractivity contribution in [3.63, 3.8) is 0 Å². The van der Waals surface area contributed by atoms with E-state index in [0.717, 1.165) is 19.0 Å². The fraction of sp³-hybridized carbons (Fsp3) is 0.611. The van der Waals surface area contributed by atoms with Crippen LogP contribution in [0.25, 0.3) is 10.2 Å². The zero-order valence-corrected chi connectivity index (χ0v) is 14.3.